The van der Waals surface area contributed by atoms with Crippen LogP contribution in [-0.4, -0.2) is 58.4 Å². The van der Waals surface area contributed by atoms with E-state index in [1.54, 1.807) is 65.7 Å². The number of ether oxygens (including phenoxy) is 1. The molecule has 0 aliphatic carbocycles. The number of hydrogen-bond acceptors (Lipinski definition) is 6. The number of anilines is 2. The zero-order valence-corrected chi connectivity index (χ0v) is 19.9. The third kappa shape index (κ3) is 6.26. The zero-order valence-electron chi connectivity index (χ0n) is 19.9. The van der Waals surface area contributed by atoms with Gasteiger partial charge in [-0.15, -0.1) is 0 Å². The molecule has 3 heterocycles. The largest absolute Gasteiger partial charge is 0.457 e. The molecule has 1 aliphatic rings. The van der Waals surface area contributed by atoms with E-state index >= 15 is 0 Å². The quantitative estimate of drug-likeness (QED) is 0.348. The lowest BCUT2D eigenvalue weighted by molar-refractivity contribution is 0.244. The molecule has 0 atom stereocenters. The van der Waals surface area contributed by atoms with E-state index < -0.39 is 0 Å². The number of carbonyl (C=O) groups is 1. The molecule has 4 aromatic rings. The van der Waals surface area contributed by atoms with Crippen molar-refractivity contribution in [1.29, 1.82) is 0 Å². The number of nitrogens with one attached hydrogen (secondary N) is 3. The van der Waals surface area contributed by atoms with Crippen molar-refractivity contribution in [2.45, 2.75) is 6.42 Å². The molecule has 5 rings (SSSR count). The molecule has 1 saturated heterocycles. The topological polar surface area (TPSA) is 96.3 Å². The number of aromatic nitrogens is 3. The molecule has 0 saturated carbocycles. The molecule has 36 heavy (non-hydrogen) atoms. The standard InChI is InChI=1S/C27H29N7O2/c35-27(31-22-3-7-24(8-4-22)36-25-9-13-28-14-10-25)32-26-11-15-30-34(26)23-5-1-21(2-6-23)12-18-33-19-16-29-17-20-33/h1-11,13-15,29H,12,16-20H2,(H2,31,32,35). The summed E-state index contributed by atoms with van der Waals surface area (Å²) in [6.45, 7) is 5.39. The van der Waals surface area contributed by atoms with Crippen LogP contribution < -0.4 is 20.7 Å². The second-order valence-electron chi connectivity index (χ2n) is 8.52. The highest BCUT2D eigenvalue weighted by atomic mass is 16.5. The van der Waals surface area contributed by atoms with Crippen LogP contribution >= 0.6 is 0 Å². The Kier molecular flexibility index (Phi) is 7.50. The van der Waals surface area contributed by atoms with Crippen molar-refractivity contribution >= 4 is 17.5 Å². The summed E-state index contributed by atoms with van der Waals surface area (Å²) in [6.07, 6.45) is 6.02. The molecular formula is C27H29N7O2. The molecule has 1 aliphatic heterocycles. The van der Waals surface area contributed by atoms with Crippen LogP contribution in [-0.2, 0) is 6.42 Å². The predicted octanol–water partition coefficient (Wildman–Crippen LogP) is 4.15. The van der Waals surface area contributed by atoms with E-state index in [1.807, 2.05) is 12.1 Å². The van der Waals surface area contributed by atoms with Gasteiger partial charge >= 0.3 is 6.03 Å². The van der Waals surface area contributed by atoms with E-state index in [1.165, 1.54) is 5.56 Å². The summed E-state index contributed by atoms with van der Waals surface area (Å²) >= 11 is 0. The van der Waals surface area contributed by atoms with Gasteiger partial charge in [0.25, 0.3) is 0 Å². The summed E-state index contributed by atoms with van der Waals surface area (Å²) in [5.74, 6) is 1.95. The van der Waals surface area contributed by atoms with E-state index in [4.69, 9.17) is 4.74 Å². The number of amides is 2. The number of hydrogen-bond donors (Lipinski definition) is 3. The van der Waals surface area contributed by atoms with Gasteiger partial charge in [0.05, 0.1) is 11.9 Å². The molecule has 184 valence electrons. The summed E-state index contributed by atoms with van der Waals surface area (Å²) < 4.78 is 7.47. The Morgan fingerprint density at radius 2 is 1.58 bits per heavy atom. The van der Waals surface area contributed by atoms with Gasteiger partial charge in [0.1, 0.15) is 17.3 Å². The molecule has 9 heteroatoms. The highest BCUT2D eigenvalue weighted by Gasteiger charge is 2.11. The lowest BCUT2D eigenvalue weighted by Gasteiger charge is -2.27. The number of rotatable bonds is 8. The van der Waals surface area contributed by atoms with Gasteiger partial charge < -0.3 is 20.3 Å². The van der Waals surface area contributed by atoms with Crippen LogP contribution in [0.4, 0.5) is 16.3 Å². The second kappa shape index (κ2) is 11.5. The second-order valence-corrected chi connectivity index (χ2v) is 8.52. The monoisotopic (exact) mass is 483 g/mol. The fourth-order valence-corrected chi connectivity index (χ4v) is 4.06. The van der Waals surface area contributed by atoms with Gasteiger partial charge in [-0.3, -0.25) is 10.3 Å². The van der Waals surface area contributed by atoms with Crippen LogP contribution in [0.2, 0.25) is 0 Å². The molecule has 0 unspecified atom stereocenters. The molecule has 0 bridgehead atoms. The van der Waals surface area contributed by atoms with E-state index in [0.29, 0.717) is 23.0 Å². The number of nitrogens with zero attached hydrogens (tertiary/aromatic N) is 4. The Hall–Kier alpha value is -4.21. The molecule has 9 nitrogen and oxygen atoms in total. The van der Waals surface area contributed by atoms with E-state index in [-0.39, 0.29) is 6.03 Å². The Labute approximate surface area is 210 Å². The van der Waals surface area contributed by atoms with Crippen LogP contribution in [0.1, 0.15) is 5.56 Å². The number of benzene rings is 2. The summed E-state index contributed by atoms with van der Waals surface area (Å²) in [4.78, 5) is 19.1. The Bertz CT molecular complexity index is 1250. The first kappa shape index (κ1) is 23.5. The highest BCUT2D eigenvalue weighted by Crippen LogP contribution is 2.22. The van der Waals surface area contributed by atoms with Crippen molar-refractivity contribution in [2.75, 3.05) is 43.4 Å². The van der Waals surface area contributed by atoms with Crippen molar-refractivity contribution in [2.24, 2.45) is 0 Å². The fraction of sp³-hybridized carbons (Fsp3) is 0.222. The number of pyridine rings is 1. The van der Waals surface area contributed by atoms with Crippen molar-refractivity contribution < 1.29 is 9.53 Å². The van der Waals surface area contributed by atoms with Crippen LogP contribution in [0.25, 0.3) is 5.69 Å². The first-order valence-electron chi connectivity index (χ1n) is 12.1. The normalized spacial score (nSPS) is 13.8. The van der Waals surface area contributed by atoms with Gasteiger partial charge in [-0.2, -0.15) is 5.10 Å². The van der Waals surface area contributed by atoms with Crippen LogP contribution in [0.15, 0.2) is 85.3 Å². The summed E-state index contributed by atoms with van der Waals surface area (Å²) in [7, 11) is 0. The minimum atomic E-state index is -0.354. The zero-order chi connectivity index (χ0) is 24.6. The maximum absolute atomic E-state index is 12.6. The molecule has 3 N–H and O–H groups in total. The predicted molar refractivity (Wildman–Crippen MR) is 140 cm³/mol. The molecule has 1 fully saturated rings. The molecule has 2 aromatic carbocycles. The Morgan fingerprint density at radius 1 is 0.861 bits per heavy atom. The van der Waals surface area contributed by atoms with Crippen LogP contribution in [0, 0.1) is 0 Å². The van der Waals surface area contributed by atoms with Crippen molar-refractivity contribution in [1.82, 2.24) is 25.0 Å². The minimum Gasteiger partial charge on any atom is -0.457 e. The fourth-order valence-electron chi connectivity index (χ4n) is 4.06. The van der Waals surface area contributed by atoms with Crippen molar-refractivity contribution in [3.8, 4) is 17.2 Å². The van der Waals surface area contributed by atoms with E-state index in [9.17, 15) is 4.79 Å². The van der Waals surface area contributed by atoms with Gasteiger partial charge in [0.2, 0.25) is 0 Å². The first-order chi connectivity index (χ1) is 17.7. The molecule has 2 aromatic heterocycles. The van der Waals surface area contributed by atoms with Gasteiger partial charge in [-0.05, 0) is 60.5 Å². The number of piperazine rings is 1. The smallest absolute Gasteiger partial charge is 0.324 e. The summed E-state index contributed by atoms with van der Waals surface area (Å²) in [6, 6.07) is 20.4. The number of carbonyl (C=O) groups excluding carboxylic acids is 1. The lowest BCUT2D eigenvalue weighted by Crippen LogP contribution is -2.44. The average Bonchev–Trinajstić information content (AvgIpc) is 3.38. The lowest BCUT2D eigenvalue weighted by atomic mass is 10.1. The van der Waals surface area contributed by atoms with Gasteiger partial charge in [-0.1, -0.05) is 12.1 Å². The maximum Gasteiger partial charge on any atom is 0.324 e. The molecule has 0 spiro atoms. The Balaban J connectivity index is 1.15. The SMILES string of the molecule is O=C(Nc1ccc(Oc2ccncc2)cc1)Nc1ccnn1-c1ccc(CCN2CCNCC2)cc1. The molecule has 2 amide bonds. The number of urea groups is 1. The molecular weight excluding hydrogens is 454 g/mol. The first-order valence-corrected chi connectivity index (χ1v) is 12.1. The minimum absolute atomic E-state index is 0.354. The molecule has 0 radical (unpaired) electrons. The van der Waals surface area contributed by atoms with E-state index in [2.05, 4.69) is 43.1 Å². The third-order valence-corrected chi connectivity index (χ3v) is 5.99. The van der Waals surface area contributed by atoms with Gasteiger partial charge in [0.15, 0.2) is 0 Å². The van der Waals surface area contributed by atoms with Crippen molar-refractivity contribution in [3.05, 3.63) is 90.9 Å². The van der Waals surface area contributed by atoms with Crippen molar-refractivity contribution in [3.63, 3.8) is 0 Å². The van der Waals surface area contributed by atoms with Crippen LogP contribution in [0.3, 0.4) is 0 Å². The van der Waals surface area contributed by atoms with E-state index in [0.717, 1.165) is 44.8 Å². The Morgan fingerprint density at radius 3 is 2.33 bits per heavy atom. The third-order valence-electron chi connectivity index (χ3n) is 5.99. The summed E-state index contributed by atoms with van der Waals surface area (Å²) in [5.41, 5.74) is 2.82. The highest BCUT2D eigenvalue weighted by molar-refractivity contribution is 5.99. The maximum atomic E-state index is 12.6. The average molecular weight is 484 g/mol. The summed E-state index contributed by atoms with van der Waals surface area (Å²) in [5, 5.41) is 13.5. The van der Waals surface area contributed by atoms with Gasteiger partial charge in [-0.25, -0.2) is 9.48 Å². The van der Waals surface area contributed by atoms with Gasteiger partial charge in [0, 0.05) is 56.9 Å². The van der Waals surface area contributed by atoms with Crippen LogP contribution in [0.5, 0.6) is 11.5 Å².